The number of hydrogen-bond acceptors (Lipinski definition) is 4. The van der Waals surface area contributed by atoms with Gasteiger partial charge in [-0.05, 0) is 61.0 Å². The monoisotopic (exact) mass is 442 g/mol. The zero-order valence-corrected chi connectivity index (χ0v) is 18.0. The van der Waals surface area contributed by atoms with Crippen LogP contribution in [0.3, 0.4) is 0 Å². The largest absolute Gasteiger partial charge is 0.497 e. The van der Waals surface area contributed by atoms with Gasteiger partial charge in [-0.15, -0.1) is 0 Å². The predicted molar refractivity (Wildman–Crippen MR) is 117 cm³/mol. The van der Waals surface area contributed by atoms with E-state index in [9.17, 15) is 17.6 Å². The molecule has 0 fully saturated rings. The molecule has 1 amide bonds. The van der Waals surface area contributed by atoms with Crippen molar-refractivity contribution in [2.45, 2.75) is 17.9 Å². The summed E-state index contributed by atoms with van der Waals surface area (Å²) in [7, 11) is -2.47. The molecule has 3 rings (SSSR count). The number of rotatable bonds is 8. The van der Waals surface area contributed by atoms with Crippen LogP contribution in [0.5, 0.6) is 5.75 Å². The van der Waals surface area contributed by atoms with Crippen molar-refractivity contribution in [3.63, 3.8) is 0 Å². The first-order valence-corrected chi connectivity index (χ1v) is 11.0. The maximum absolute atomic E-state index is 13.4. The lowest BCUT2D eigenvalue weighted by atomic mass is 10.1. The van der Waals surface area contributed by atoms with Gasteiger partial charge in [-0.3, -0.25) is 9.10 Å². The molecule has 0 bridgehead atoms. The summed E-state index contributed by atoms with van der Waals surface area (Å²) in [6, 6.07) is 19.6. The molecule has 0 radical (unpaired) electrons. The first kappa shape index (κ1) is 22.3. The van der Waals surface area contributed by atoms with Gasteiger partial charge in [0.15, 0.2) is 0 Å². The van der Waals surface area contributed by atoms with E-state index in [4.69, 9.17) is 4.74 Å². The molecule has 3 aromatic rings. The summed E-state index contributed by atoms with van der Waals surface area (Å²) >= 11 is 0. The molecule has 1 atom stereocenters. The van der Waals surface area contributed by atoms with E-state index in [0.717, 1.165) is 22.0 Å². The molecule has 0 spiro atoms. The van der Waals surface area contributed by atoms with E-state index in [2.05, 4.69) is 5.32 Å². The fourth-order valence-electron chi connectivity index (χ4n) is 3.04. The Morgan fingerprint density at radius 1 is 1.00 bits per heavy atom. The third-order valence-electron chi connectivity index (χ3n) is 4.73. The molecular formula is C23H23FN2O4S. The van der Waals surface area contributed by atoms with Crippen LogP contribution in [0.4, 0.5) is 10.1 Å². The summed E-state index contributed by atoms with van der Waals surface area (Å²) in [5, 5.41) is 2.81. The summed E-state index contributed by atoms with van der Waals surface area (Å²) in [4.78, 5) is 12.8. The number of halogens is 1. The third-order valence-corrected chi connectivity index (χ3v) is 6.51. The molecule has 0 saturated carbocycles. The van der Waals surface area contributed by atoms with E-state index < -0.39 is 28.3 Å². The number of hydrogen-bond donors (Lipinski definition) is 1. The topological polar surface area (TPSA) is 75.7 Å². The number of methoxy groups -OCH3 is 1. The summed E-state index contributed by atoms with van der Waals surface area (Å²) in [5.41, 5.74) is 1.03. The van der Waals surface area contributed by atoms with Crippen LogP contribution in [-0.2, 0) is 14.8 Å². The van der Waals surface area contributed by atoms with Gasteiger partial charge in [-0.25, -0.2) is 12.8 Å². The van der Waals surface area contributed by atoms with Crippen LogP contribution in [0.1, 0.15) is 18.5 Å². The standard InChI is InChI=1S/C23H23FN2O4S/c1-17(18-8-14-21(30-2)15-9-18)25-23(27)16-26(20-12-10-19(24)11-13-20)31(28,29)22-6-4-3-5-7-22/h3-15,17H,16H2,1-2H3,(H,25,27)/t17-/m1/s1. The Hall–Kier alpha value is -3.39. The highest BCUT2D eigenvalue weighted by molar-refractivity contribution is 7.92. The minimum atomic E-state index is -4.04. The van der Waals surface area contributed by atoms with E-state index in [1.54, 1.807) is 44.4 Å². The van der Waals surface area contributed by atoms with Gasteiger partial charge >= 0.3 is 0 Å². The van der Waals surface area contributed by atoms with Crippen molar-refractivity contribution in [3.8, 4) is 5.75 Å². The zero-order valence-electron chi connectivity index (χ0n) is 17.2. The molecule has 0 aromatic heterocycles. The van der Waals surface area contributed by atoms with Crippen LogP contribution < -0.4 is 14.4 Å². The summed E-state index contributed by atoms with van der Waals surface area (Å²) in [6.45, 7) is 1.34. The van der Waals surface area contributed by atoms with Crippen molar-refractivity contribution in [2.75, 3.05) is 18.0 Å². The number of nitrogens with one attached hydrogen (secondary N) is 1. The number of sulfonamides is 1. The van der Waals surface area contributed by atoms with E-state index in [1.807, 2.05) is 12.1 Å². The van der Waals surface area contributed by atoms with Gasteiger partial charge in [0.25, 0.3) is 10.0 Å². The molecule has 0 aliphatic rings. The molecule has 3 aromatic carbocycles. The molecule has 1 N–H and O–H groups in total. The fraction of sp³-hybridized carbons (Fsp3) is 0.174. The van der Waals surface area contributed by atoms with Crippen molar-refractivity contribution >= 4 is 21.6 Å². The molecule has 0 aliphatic heterocycles. The lowest BCUT2D eigenvalue weighted by Crippen LogP contribution is -2.41. The van der Waals surface area contributed by atoms with Crippen LogP contribution in [0.2, 0.25) is 0 Å². The van der Waals surface area contributed by atoms with Gasteiger partial charge in [0.05, 0.1) is 23.7 Å². The number of carbonyl (C=O) groups is 1. The molecule has 0 saturated heterocycles. The first-order valence-electron chi connectivity index (χ1n) is 9.58. The van der Waals surface area contributed by atoms with Crippen LogP contribution in [-0.4, -0.2) is 28.0 Å². The van der Waals surface area contributed by atoms with Gasteiger partial charge < -0.3 is 10.1 Å². The number of nitrogens with zero attached hydrogens (tertiary/aromatic N) is 1. The highest BCUT2D eigenvalue weighted by atomic mass is 32.2. The number of anilines is 1. The molecule has 162 valence electrons. The van der Waals surface area contributed by atoms with Crippen LogP contribution in [0, 0.1) is 5.82 Å². The van der Waals surface area contributed by atoms with Crippen LogP contribution in [0.25, 0.3) is 0 Å². The second kappa shape index (κ2) is 9.61. The number of benzene rings is 3. The summed E-state index contributed by atoms with van der Waals surface area (Å²) in [5.74, 6) is -0.302. The van der Waals surface area contributed by atoms with Crippen molar-refractivity contribution in [2.24, 2.45) is 0 Å². The van der Waals surface area contributed by atoms with E-state index in [-0.39, 0.29) is 16.6 Å². The number of ether oxygens (including phenoxy) is 1. The second-order valence-electron chi connectivity index (χ2n) is 6.86. The quantitative estimate of drug-likeness (QED) is 0.574. The van der Waals surface area contributed by atoms with E-state index in [1.165, 1.54) is 24.3 Å². The van der Waals surface area contributed by atoms with Crippen LogP contribution in [0.15, 0.2) is 83.8 Å². The lowest BCUT2D eigenvalue weighted by Gasteiger charge is -2.25. The van der Waals surface area contributed by atoms with Gasteiger partial charge in [-0.1, -0.05) is 30.3 Å². The maximum Gasteiger partial charge on any atom is 0.264 e. The Kier molecular flexibility index (Phi) is 6.91. The molecule has 31 heavy (non-hydrogen) atoms. The molecule has 6 nitrogen and oxygen atoms in total. The highest BCUT2D eigenvalue weighted by Crippen LogP contribution is 2.24. The van der Waals surface area contributed by atoms with Crippen molar-refractivity contribution in [1.29, 1.82) is 0 Å². The number of carbonyl (C=O) groups excluding carboxylic acids is 1. The lowest BCUT2D eigenvalue weighted by molar-refractivity contribution is -0.120. The molecular weight excluding hydrogens is 419 g/mol. The normalized spacial score (nSPS) is 12.1. The Morgan fingerprint density at radius 3 is 2.19 bits per heavy atom. The molecule has 8 heteroatoms. The SMILES string of the molecule is COc1ccc([C@@H](C)NC(=O)CN(c2ccc(F)cc2)S(=O)(=O)c2ccccc2)cc1. The Labute approximate surface area is 181 Å². The Balaban J connectivity index is 1.84. The first-order chi connectivity index (χ1) is 14.8. The second-order valence-corrected chi connectivity index (χ2v) is 8.73. The Bertz CT molecular complexity index is 1120. The van der Waals surface area contributed by atoms with Gasteiger partial charge in [0.2, 0.25) is 5.91 Å². The van der Waals surface area contributed by atoms with Crippen molar-refractivity contribution in [3.05, 3.63) is 90.2 Å². The summed E-state index contributed by atoms with van der Waals surface area (Å²) in [6.07, 6.45) is 0. The van der Waals surface area contributed by atoms with Gasteiger partial charge in [0, 0.05) is 0 Å². The minimum Gasteiger partial charge on any atom is -0.497 e. The van der Waals surface area contributed by atoms with Crippen molar-refractivity contribution in [1.82, 2.24) is 5.32 Å². The molecule has 0 aliphatic carbocycles. The zero-order chi connectivity index (χ0) is 22.4. The Morgan fingerprint density at radius 2 is 1.61 bits per heavy atom. The average molecular weight is 443 g/mol. The molecule has 0 unspecified atom stereocenters. The van der Waals surface area contributed by atoms with Crippen LogP contribution >= 0.6 is 0 Å². The molecule has 0 heterocycles. The third kappa shape index (κ3) is 5.40. The van der Waals surface area contributed by atoms with Crippen molar-refractivity contribution < 1.29 is 22.3 Å². The van der Waals surface area contributed by atoms with Gasteiger partial charge in [0.1, 0.15) is 18.1 Å². The maximum atomic E-state index is 13.4. The predicted octanol–water partition coefficient (Wildman–Crippen LogP) is 3.91. The highest BCUT2D eigenvalue weighted by Gasteiger charge is 2.27. The summed E-state index contributed by atoms with van der Waals surface area (Å²) < 4.78 is 45.9. The van der Waals surface area contributed by atoms with Gasteiger partial charge in [-0.2, -0.15) is 0 Å². The van der Waals surface area contributed by atoms with E-state index in [0.29, 0.717) is 5.75 Å². The average Bonchev–Trinajstić information content (AvgIpc) is 2.78. The smallest absolute Gasteiger partial charge is 0.264 e. The van der Waals surface area contributed by atoms with E-state index >= 15 is 0 Å². The fourth-order valence-corrected chi connectivity index (χ4v) is 4.48. The minimum absolute atomic E-state index is 0.0373. The number of amides is 1.